The number of pyridine rings is 1. The number of anilines is 1. The Morgan fingerprint density at radius 2 is 2.22 bits per heavy atom. The van der Waals surface area contributed by atoms with E-state index in [1.54, 1.807) is 12.1 Å². The molecular weight excluding hydrogens is 246 g/mol. The molecule has 1 fully saturated rings. The van der Waals surface area contributed by atoms with Gasteiger partial charge in [-0.25, -0.2) is 4.98 Å². The molecule has 0 aliphatic heterocycles. The molecule has 0 radical (unpaired) electrons. The van der Waals surface area contributed by atoms with E-state index in [1.165, 1.54) is 25.5 Å². The van der Waals surface area contributed by atoms with Crippen LogP contribution < -0.4 is 11.1 Å². The van der Waals surface area contributed by atoms with Gasteiger partial charge in [-0.1, -0.05) is 12.8 Å². The molecule has 1 amide bonds. The van der Waals surface area contributed by atoms with Crippen molar-refractivity contribution >= 4 is 23.4 Å². The van der Waals surface area contributed by atoms with Gasteiger partial charge in [0.2, 0.25) is 0 Å². The van der Waals surface area contributed by atoms with Gasteiger partial charge in [0.05, 0.1) is 11.9 Å². The van der Waals surface area contributed by atoms with Gasteiger partial charge in [-0.15, -0.1) is 0 Å². The summed E-state index contributed by atoms with van der Waals surface area (Å²) in [6.07, 6.45) is 8.32. The van der Waals surface area contributed by atoms with Crippen molar-refractivity contribution in [3.8, 4) is 0 Å². The number of hydrogen-bond donors (Lipinski definition) is 2. The summed E-state index contributed by atoms with van der Waals surface area (Å²) < 4.78 is 0. The maximum Gasteiger partial charge on any atom is 0.270 e. The van der Waals surface area contributed by atoms with Crippen molar-refractivity contribution in [3.05, 3.63) is 24.0 Å². The quantitative estimate of drug-likeness (QED) is 0.878. The predicted molar refractivity (Wildman–Crippen MR) is 75.7 cm³/mol. The van der Waals surface area contributed by atoms with E-state index in [1.807, 2.05) is 11.8 Å². The van der Waals surface area contributed by atoms with Crippen molar-refractivity contribution in [1.82, 2.24) is 10.3 Å². The van der Waals surface area contributed by atoms with Crippen molar-refractivity contribution < 1.29 is 4.79 Å². The number of thioether (sulfide) groups is 1. The molecule has 2 rings (SSSR count). The van der Waals surface area contributed by atoms with E-state index in [-0.39, 0.29) is 11.9 Å². The van der Waals surface area contributed by atoms with Gasteiger partial charge >= 0.3 is 0 Å². The van der Waals surface area contributed by atoms with Crippen LogP contribution in [0.2, 0.25) is 0 Å². The van der Waals surface area contributed by atoms with Gasteiger partial charge in [0.25, 0.3) is 5.91 Å². The van der Waals surface area contributed by atoms with E-state index >= 15 is 0 Å². The number of amides is 1. The largest absolute Gasteiger partial charge is 0.397 e. The average molecular weight is 265 g/mol. The molecule has 0 spiro atoms. The second kappa shape index (κ2) is 6.09. The van der Waals surface area contributed by atoms with Crippen molar-refractivity contribution in [2.45, 2.75) is 37.0 Å². The van der Waals surface area contributed by atoms with Gasteiger partial charge in [-0.05, 0) is 31.2 Å². The molecule has 2 atom stereocenters. The van der Waals surface area contributed by atoms with Crippen LogP contribution in [-0.2, 0) is 0 Å². The van der Waals surface area contributed by atoms with Gasteiger partial charge < -0.3 is 11.1 Å². The Morgan fingerprint density at radius 3 is 2.89 bits per heavy atom. The molecule has 3 N–H and O–H groups in total. The summed E-state index contributed by atoms with van der Waals surface area (Å²) >= 11 is 1.84. The van der Waals surface area contributed by atoms with Gasteiger partial charge in [0.1, 0.15) is 5.69 Å². The summed E-state index contributed by atoms with van der Waals surface area (Å²) in [6, 6.07) is 3.64. The number of aromatic nitrogens is 1. The first-order valence-electron chi connectivity index (χ1n) is 6.26. The zero-order chi connectivity index (χ0) is 13.0. The van der Waals surface area contributed by atoms with Crippen LogP contribution in [0, 0.1) is 0 Å². The Kier molecular flexibility index (Phi) is 4.47. The molecule has 0 bridgehead atoms. The second-order valence-corrected chi connectivity index (χ2v) is 5.69. The normalized spacial score (nSPS) is 23.6. The Labute approximate surface area is 112 Å². The van der Waals surface area contributed by atoms with Crippen LogP contribution in [0.15, 0.2) is 18.3 Å². The lowest BCUT2D eigenvalue weighted by molar-refractivity contribution is 0.0924. The zero-order valence-electron chi connectivity index (χ0n) is 10.6. The number of hydrogen-bond acceptors (Lipinski definition) is 4. The molecular formula is C13H19N3OS. The minimum atomic E-state index is -0.0963. The SMILES string of the molecule is CSC1CCCCC1NC(=O)c1ccc(N)cn1. The lowest BCUT2D eigenvalue weighted by Gasteiger charge is -2.30. The monoisotopic (exact) mass is 265 g/mol. The molecule has 4 nitrogen and oxygen atoms in total. The van der Waals surface area contributed by atoms with E-state index in [0.29, 0.717) is 16.6 Å². The van der Waals surface area contributed by atoms with Crippen LogP contribution in [-0.4, -0.2) is 28.4 Å². The molecule has 1 heterocycles. The first kappa shape index (κ1) is 13.2. The maximum absolute atomic E-state index is 12.1. The van der Waals surface area contributed by atoms with Gasteiger partial charge in [0.15, 0.2) is 0 Å². The third-order valence-electron chi connectivity index (χ3n) is 3.34. The number of nitrogens with one attached hydrogen (secondary N) is 1. The third kappa shape index (κ3) is 3.16. The van der Waals surface area contributed by atoms with Crippen LogP contribution in [0.3, 0.4) is 0 Å². The van der Waals surface area contributed by atoms with Crippen molar-refractivity contribution in [1.29, 1.82) is 0 Å². The van der Waals surface area contributed by atoms with Crippen molar-refractivity contribution in [2.24, 2.45) is 0 Å². The fraction of sp³-hybridized carbons (Fsp3) is 0.538. The fourth-order valence-corrected chi connectivity index (χ4v) is 3.26. The lowest BCUT2D eigenvalue weighted by atomic mass is 9.95. The summed E-state index contributed by atoms with van der Waals surface area (Å²) in [7, 11) is 0. The molecule has 2 unspecified atom stereocenters. The van der Waals surface area contributed by atoms with Crippen LogP contribution in [0.4, 0.5) is 5.69 Å². The topological polar surface area (TPSA) is 68.0 Å². The van der Waals surface area contributed by atoms with Crippen LogP contribution >= 0.6 is 11.8 Å². The number of nitrogens with zero attached hydrogens (tertiary/aromatic N) is 1. The molecule has 0 aromatic carbocycles. The molecule has 1 aliphatic rings. The number of carbonyl (C=O) groups excluding carboxylic acids is 1. The van der Waals surface area contributed by atoms with E-state index in [4.69, 9.17) is 5.73 Å². The molecule has 98 valence electrons. The standard InChI is InChI=1S/C13H19N3OS/c1-18-12-5-3-2-4-10(12)16-13(17)11-7-6-9(14)8-15-11/h6-8,10,12H,2-5,14H2,1H3,(H,16,17). The van der Waals surface area contributed by atoms with Crippen molar-refractivity contribution in [2.75, 3.05) is 12.0 Å². The molecule has 1 saturated carbocycles. The molecule has 1 aromatic heterocycles. The first-order chi connectivity index (χ1) is 8.70. The van der Waals surface area contributed by atoms with Crippen molar-refractivity contribution in [3.63, 3.8) is 0 Å². The first-order valence-corrected chi connectivity index (χ1v) is 7.54. The Morgan fingerprint density at radius 1 is 1.44 bits per heavy atom. The molecule has 1 aromatic rings. The average Bonchev–Trinajstić information content (AvgIpc) is 2.40. The highest BCUT2D eigenvalue weighted by Gasteiger charge is 2.26. The maximum atomic E-state index is 12.1. The number of nitrogens with two attached hydrogens (primary N) is 1. The highest BCUT2D eigenvalue weighted by Crippen LogP contribution is 2.27. The third-order valence-corrected chi connectivity index (χ3v) is 4.51. The smallest absolute Gasteiger partial charge is 0.270 e. The minimum Gasteiger partial charge on any atom is -0.397 e. The molecule has 0 saturated heterocycles. The van der Waals surface area contributed by atoms with Gasteiger partial charge in [-0.3, -0.25) is 4.79 Å². The highest BCUT2D eigenvalue weighted by atomic mass is 32.2. The summed E-state index contributed by atoms with van der Waals surface area (Å²) in [5, 5.41) is 3.62. The summed E-state index contributed by atoms with van der Waals surface area (Å²) in [5.41, 5.74) is 6.57. The lowest BCUT2D eigenvalue weighted by Crippen LogP contribution is -2.43. The number of carbonyl (C=O) groups is 1. The van der Waals surface area contributed by atoms with E-state index < -0.39 is 0 Å². The summed E-state index contributed by atoms with van der Waals surface area (Å²) in [5.74, 6) is -0.0963. The minimum absolute atomic E-state index is 0.0963. The Hall–Kier alpha value is -1.23. The van der Waals surface area contributed by atoms with E-state index in [0.717, 1.165) is 6.42 Å². The molecule has 5 heteroatoms. The molecule has 1 aliphatic carbocycles. The predicted octanol–water partition coefficient (Wildman–Crippen LogP) is 2.07. The number of rotatable bonds is 3. The second-order valence-electron chi connectivity index (χ2n) is 4.62. The van der Waals surface area contributed by atoms with Crippen LogP contribution in [0.25, 0.3) is 0 Å². The summed E-state index contributed by atoms with van der Waals surface area (Å²) in [6.45, 7) is 0. The summed E-state index contributed by atoms with van der Waals surface area (Å²) in [4.78, 5) is 16.1. The van der Waals surface area contributed by atoms with E-state index in [9.17, 15) is 4.79 Å². The van der Waals surface area contributed by atoms with Gasteiger partial charge in [-0.2, -0.15) is 11.8 Å². The van der Waals surface area contributed by atoms with Crippen LogP contribution in [0.1, 0.15) is 36.2 Å². The Bertz CT molecular complexity index is 407. The fourth-order valence-electron chi connectivity index (χ4n) is 2.33. The molecule has 18 heavy (non-hydrogen) atoms. The van der Waals surface area contributed by atoms with Gasteiger partial charge in [0, 0.05) is 11.3 Å². The number of nitrogen functional groups attached to an aromatic ring is 1. The zero-order valence-corrected chi connectivity index (χ0v) is 11.4. The van der Waals surface area contributed by atoms with E-state index in [2.05, 4.69) is 16.6 Å². The van der Waals surface area contributed by atoms with Crippen LogP contribution in [0.5, 0.6) is 0 Å². The highest BCUT2D eigenvalue weighted by molar-refractivity contribution is 7.99. The Balaban J connectivity index is 1.99.